The van der Waals surface area contributed by atoms with E-state index in [0.29, 0.717) is 46.8 Å². The Kier molecular flexibility index (Phi) is 6.56. The zero-order chi connectivity index (χ0) is 27.8. The fourth-order valence-electron chi connectivity index (χ4n) is 4.75. The van der Waals surface area contributed by atoms with E-state index in [0.717, 1.165) is 0 Å². The smallest absolute Gasteiger partial charge is 0.269 e. The second-order valence-corrected chi connectivity index (χ2v) is 9.54. The topological polar surface area (TPSA) is 131 Å². The van der Waals surface area contributed by atoms with E-state index in [9.17, 15) is 19.1 Å². The van der Waals surface area contributed by atoms with E-state index >= 15 is 0 Å². The number of nitrogens with zero attached hydrogens (tertiary/aromatic N) is 4. The van der Waals surface area contributed by atoms with Crippen LogP contribution in [0.3, 0.4) is 0 Å². The molecule has 0 aliphatic carbocycles. The van der Waals surface area contributed by atoms with E-state index < -0.39 is 23.8 Å². The van der Waals surface area contributed by atoms with Gasteiger partial charge in [0.25, 0.3) is 11.8 Å². The van der Waals surface area contributed by atoms with Crippen molar-refractivity contribution in [2.24, 2.45) is 4.99 Å². The Labute approximate surface area is 228 Å². The minimum Gasteiger partial charge on any atom is -0.474 e. The minimum absolute atomic E-state index is 0.0114. The van der Waals surface area contributed by atoms with Crippen molar-refractivity contribution in [2.45, 2.75) is 38.8 Å². The van der Waals surface area contributed by atoms with Gasteiger partial charge in [-0.15, -0.1) is 0 Å². The summed E-state index contributed by atoms with van der Waals surface area (Å²) in [5, 5.41) is 19.3. The first-order chi connectivity index (χ1) is 19.4. The molecule has 4 heterocycles. The second-order valence-electron chi connectivity index (χ2n) is 9.54. The summed E-state index contributed by atoms with van der Waals surface area (Å²) in [6.07, 6.45) is 0.689. The van der Waals surface area contributed by atoms with Gasteiger partial charge in [0.05, 0.1) is 29.8 Å². The molecule has 0 fully saturated rings. The monoisotopic (exact) mass is 540 g/mol. The van der Waals surface area contributed by atoms with Gasteiger partial charge in [0.1, 0.15) is 17.1 Å². The number of aromatic nitrogens is 3. The van der Waals surface area contributed by atoms with Gasteiger partial charge in [0, 0.05) is 35.9 Å². The van der Waals surface area contributed by atoms with Crippen molar-refractivity contribution in [3.63, 3.8) is 0 Å². The van der Waals surface area contributed by atoms with Crippen LogP contribution in [0.25, 0.3) is 11.3 Å². The summed E-state index contributed by atoms with van der Waals surface area (Å²) in [5.74, 6) is -1.68. The Bertz CT molecular complexity index is 1630. The van der Waals surface area contributed by atoms with Gasteiger partial charge in [0.2, 0.25) is 12.0 Å². The third-order valence-corrected chi connectivity index (χ3v) is 6.79. The van der Waals surface area contributed by atoms with E-state index in [1.165, 1.54) is 18.3 Å². The summed E-state index contributed by atoms with van der Waals surface area (Å²) >= 11 is 0. The number of aliphatic hydroxyl groups excluding tert-OH is 1. The summed E-state index contributed by atoms with van der Waals surface area (Å²) < 4.78 is 22.5. The third-order valence-electron chi connectivity index (χ3n) is 6.79. The molecule has 2 aliphatic heterocycles. The molecule has 0 spiro atoms. The quantitative estimate of drug-likeness (QED) is 0.356. The van der Waals surface area contributed by atoms with Crippen molar-refractivity contribution in [3.05, 3.63) is 95.1 Å². The zero-order valence-electron chi connectivity index (χ0n) is 21.5. The number of carbonyl (C=O) groups excluding carboxylic acids is 2. The summed E-state index contributed by atoms with van der Waals surface area (Å²) in [6, 6.07) is 16.9. The first-order valence-electron chi connectivity index (χ1n) is 12.8. The average Bonchev–Trinajstić information content (AvgIpc) is 3.28. The number of aliphatic imine (C=N–C) groups is 1. The molecular weight excluding hydrogens is 515 g/mol. The van der Waals surface area contributed by atoms with Gasteiger partial charge in [0.15, 0.2) is 0 Å². The fraction of sp³-hybridized carbons (Fsp3) is 0.207. The molecule has 0 saturated carbocycles. The normalized spacial score (nSPS) is 18.0. The second kappa shape index (κ2) is 10.3. The minimum atomic E-state index is -1.38. The number of hydrogen-bond donors (Lipinski definition) is 3. The van der Waals surface area contributed by atoms with Gasteiger partial charge in [-0.2, -0.15) is 5.10 Å². The average molecular weight is 541 g/mol. The van der Waals surface area contributed by atoms with Gasteiger partial charge in [-0.25, -0.2) is 14.1 Å². The Balaban J connectivity index is 1.42. The lowest BCUT2D eigenvalue weighted by Crippen LogP contribution is -2.42. The highest BCUT2D eigenvalue weighted by Crippen LogP contribution is 2.34. The van der Waals surface area contributed by atoms with Crippen LogP contribution in [0, 0.1) is 5.82 Å². The Morgan fingerprint density at radius 2 is 1.98 bits per heavy atom. The number of ether oxygens (including phenoxy) is 1. The molecule has 2 aromatic carbocycles. The van der Waals surface area contributed by atoms with Crippen molar-refractivity contribution in [3.8, 4) is 17.1 Å². The maximum absolute atomic E-state index is 14.8. The molecule has 2 aromatic heterocycles. The molecule has 0 radical (unpaired) electrons. The molecule has 6 rings (SSSR count). The molecule has 10 nitrogen and oxygen atoms in total. The predicted octanol–water partition coefficient (Wildman–Crippen LogP) is 3.29. The molecule has 0 saturated heterocycles. The molecule has 0 bridgehead atoms. The molecule has 40 heavy (non-hydrogen) atoms. The number of hydrogen-bond acceptors (Lipinski definition) is 7. The molecule has 202 valence electrons. The number of amides is 2. The number of aryl methyl sites for hydroxylation is 1. The number of para-hydroxylation sites is 1. The van der Waals surface area contributed by atoms with Crippen molar-refractivity contribution in [1.82, 2.24) is 20.1 Å². The van der Waals surface area contributed by atoms with Crippen LogP contribution < -0.4 is 15.4 Å². The summed E-state index contributed by atoms with van der Waals surface area (Å²) in [4.78, 5) is 36.0. The number of pyridine rings is 1. The number of benzodiazepines with no additional fused rings is 1. The third kappa shape index (κ3) is 4.60. The van der Waals surface area contributed by atoms with Crippen LogP contribution in [-0.2, 0) is 17.9 Å². The van der Waals surface area contributed by atoms with Crippen LogP contribution in [0.5, 0.6) is 5.88 Å². The highest BCUT2D eigenvalue weighted by Gasteiger charge is 2.34. The van der Waals surface area contributed by atoms with Gasteiger partial charge in [-0.3, -0.25) is 14.6 Å². The van der Waals surface area contributed by atoms with Crippen molar-refractivity contribution in [2.75, 3.05) is 5.32 Å². The maximum Gasteiger partial charge on any atom is 0.269 e. The summed E-state index contributed by atoms with van der Waals surface area (Å²) in [7, 11) is 0. The van der Waals surface area contributed by atoms with Crippen LogP contribution >= 0.6 is 0 Å². The molecule has 11 heteroatoms. The van der Waals surface area contributed by atoms with Crippen LogP contribution in [-0.4, -0.2) is 49.7 Å². The van der Waals surface area contributed by atoms with E-state index in [1.54, 1.807) is 35.0 Å². The van der Waals surface area contributed by atoms with Crippen LogP contribution in [0.1, 0.15) is 40.5 Å². The highest BCUT2D eigenvalue weighted by atomic mass is 19.1. The predicted molar refractivity (Wildman–Crippen MR) is 144 cm³/mol. The number of aliphatic hydroxyl groups is 1. The number of halogens is 1. The van der Waals surface area contributed by atoms with E-state index in [-0.39, 0.29) is 29.8 Å². The first kappa shape index (κ1) is 25.4. The van der Waals surface area contributed by atoms with Crippen LogP contribution in [0.4, 0.5) is 10.1 Å². The van der Waals surface area contributed by atoms with Crippen molar-refractivity contribution >= 4 is 23.2 Å². The summed E-state index contributed by atoms with van der Waals surface area (Å²) in [5.41, 5.74) is 2.83. The lowest BCUT2D eigenvalue weighted by atomic mass is 10.0. The number of nitrogens with one attached hydrogen (secondary N) is 2. The Hall–Kier alpha value is -4.90. The number of fused-ring (bicyclic) bond motifs is 2. The fourth-order valence-corrected chi connectivity index (χ4v) is 4.75. The summed E-state index contributed by atoms with van der Waals surface area (Å²) in [6.45, 7) is 2.21. The lowest BCUT2D eigenvalue weighted by Gasteiger charge is -2.22. The van der Waals surface area contributed by atoms with Crippen LogP contribution in [0.2, 0.25) is 0 Å². The highest BCUT2D eigenvalue weighted by molar-refractivity contribution is 6.20. The van der Waals surface area contributed by atoms with Crippen LogP contribution in [0.15, 0.2) is 71.9 Å². The molecule has 2 aliphatic rings. The van der Waals surface area contributed by atoms with E-state index in [1.807, 2.05) is 25.1 Å². The largest absolute Gasteiger partial charge is 0.474 e. The molecule has 2 amide bonds. The molecule has 3 N–H and O–H groups in total. The lowest BCUT2D eigenvalue weighted by molar-refractivity contribution is -0.117. The molecule has 0 unspecified atom stereocenters. The first-order valence-corrected chi connectivity index (χ1v) is 12.8. The molecule has 2 atom stereocenters. The van der Waals surface area contributed by atoms with E-state index in [4.69, 9.17) is 4.74 Å². The number of anilines is 1. The molecular formula is C29H25FN6O4. The van der Waals surface area contributed by atoms with Crippen molar-refractivity contribution < 1.29 is 23.8 Å². The molecule has 4 aromatic rings. The maximum atomic E-state index is 14.8. The van der Waals surface area contributed by atoms with Gasteiger partial charge >= 0.3 is 0 Å². The Morgan fingerprint density at radius 3 is 2.73 bits per heavy atom. The Morgan fingerprint density at radius 1 is 1.15 bits per heavy atom. The SMILES string of the molecule is C[C@@H]1CCn2nc(-c3ccc(CO)nc3)c(C(=O)N[C@H]3N=C(c4ccccc4)c4cccc(F)c4NC3=O)c2O1. The van der Waals surface area contributed by atoms with Gasteiger partial charge in [-0.05, 0) is 25.1 Å². The standard InChI is InChI=1S/C29H25FN6O4/c1-16-12-13-36-29(40-16)22(24(35-36)18-10-11-19(15-37)31-14-18)27(38)34-26-28(39)33-25-20(8-5-9-21(25)30)23(32-26)17-6-3-2-4-7-17/h2-11,14,16,26,37H,12-13,15H2,1H3,(H,33,39)(H,34,38)/t16-,26-/m1/s1. The zero-order valence-corrected chi connectivity index (χ0v) is 21.5. The van der Waals surface area contributed by atoms with E-state index in [2.05, 4.69) is 25.7 Å². The van der Waals surface area contributed by atoms with Gasteiger partial charge in [-0.1, -0.05) is 42.5 Å². The van der Waals surface area contributed by atoms with Gasteiger partial charge < -0.3 is 20.5 Å². The number of rotatable bonds is 5. The van der Waals surface area contributed by atoms with Crippen molar-refractivity contribution in [1.29, 1.82) is 0 Å². The number of benzene rings is 2. The number of carbonyl (C=O) groups is 2.